The van der Waals surface area contributed by atoms with E-state index in [-0.39, 0.29) is 6.09 Å². The molecule has 1 amide bonds. The van der Waals surface area contributed by atoms with Crippen molar-refractivity contribution in [3.05, 3.63) is 0 Å². The lowest BCUT2D eigenvalue weighted by atomic mass is 9.62. The predicted octanol–water partition coefficient (Wildman–Crippen LogP) is 1.26. The average molecular weight is 212 g/mol. The molecule has 0 atom stereocenters. The SMILES string of the molecule is CC(C)(C)OC(=O)NC1CC2(CNC2)C1. The van der Waals surface area contributed by atoms with Crippen molar-refractivity contribution in [2.45, 2.75) is 45.3 Å². The molecule has 2 fully saturated rings. The topological polar surface area (TPSA) is 50.4 Å². The molecule has 0 bridgehead atoms. The largest absolute Gasteiger partial charge is 0.444 e. The van der Waals surface area contributed by atoms with Gasteiger partial charge >= 0.3 is 6.09 Å². The molecule has 1 saturated carbocycles. The summed E-state index contributed by atoms with van der Waals surface area (Å²) in [5.74, 6) is 0. The standard InChI is InChI=1S/C11H20N2O2/c1-10(2,3)15-9(14)13-8-4-11(5-8)6-12-7-11/h8,12H,4-7H2,1-3H3,(H,13,14). The zero-order valence-electron chi connectivity index (χ0n) is 9.72. The lowest BCUT2D eigenvalue weighted by Crippen LogP contribution is -2.65. The van der Waals surface area contributed by atoms with Gasteiger partial charge in [0.15, 0.2) is 0 Å². The van der Waals surface area contributed by atoms with Crippen LogP contribution in [0.3, 0.4) is 0 Å². The summed E-state index contributed by atoms with van der Waals surface area (Å²) in [5.41, 5.74) is 0.100. The van der Waals surface area contributed by atoms with Gasteiger partial charge in [-0.15, -0.1) is 0 Å². The van der Waals surface area contributed by atoms with Gasteiger partial charge in [0.2, 0.25) is 0 Å². The minimum atomic E-state index is -0.399. The van der Waals surface area contributed by atoms with Crippen LogP contribution in [0.25, 0.3) is 0 Å². The Morgan fingerprint density at radius 1 is 1.40 bits per heavy atom. The summed E-state index contributed by atoms with van der Waals surface area (Å²) < 4.78 is 5.20. The average Bonchev–Trinajstić information content (AvgIpc) is 1.87. The fraction of sp³-hybridized carbons (Fsp3) is 0.909. The predicted molar refractivity (Wildman–Crippen MR) is 57.7 cm³/mol. The van der Waals surface area contributed by atoms with Crippen LogP contribution in [0.2, 0.25) is 0 Å². The second-order valence-electron chi connectivity index (χ2n) is 5.85. The number of hydrogen-bond acceptors (Lipinski definition) is 3. The summed E-state index contributed by atoms with van der Waals surface area (Å²) in [5, 5.41) is 6.18. The second kappa shape index (κ2) is 3.37. The van der Waals surface area contributed by atoms with Crippen molar-refractivity contribution in [2.75, 3.05) is 13.1 Å². The first-order valence-corrected chi connectivity index (χ1v) is 5.59. The molecule has 0 aromatic heterocycles. The molecule has 0 aromatic rings. The molecule has 2 N–H and O–H groups in total. The van der Waals surface area contributed by atoms with E-state index < -0.39 is 5.60 Å². The maximum absolute atomic E-state index is 11.4. The molecule has 0 aromatic carbocycles. The number of amides is 1. The normalized spacial score (nSPS) is 24.2. The highest BCUT2D eigenvalue weighted by Gasteiger charge is 2.49. The highest BCUT2D eigenvalue weighted by Crippen LogP contribution is 2.44. The highest BCUT2D eigenvalue weighted by atomic mass is 16.6. The van der Waals surface area contributed by atoms with E-state index in [9.17, 15) is 4.79 Å². The quantitative estimate of drug-likeness (QED) is 0.688. The van der Waals surface area contributed by atoms with Gasteiger partial charge in [-0.2, -0.15) is 0 Å². The Bertz CT molecular complexity index is 258. The lowest BCUT2D eigenvalue weighted by Gasteiger charge is -2.54. The number of carbonyl (C=O) groups is 1. The van der Waals surface area contributed by atoms with Gasteiger partial charge in [-0.25, -0.2) is 4.79 Å². The maximum Gasteiger partial charge on any atom is 0.407 e. The first-order chi connectivity index (χ1) is 6.89. The fourth-order valence-corrected chi connectivity index (χ4v) is 2.33. The number of alkyl carbamates (subject to hydrolysis) is 1. The fourth-order valence-electron chi connectivity index (χ4n) is 2.33. The van der Waals surface area contributed by atoms with Crippen LogP contribution >= 0.6 is 0 Å². The van der Waals surface area contributed by atoms with E-state index in [0.29, 0.717) is 11.5 Å². The number of ether oxygens (including phenoxy) is 1. The number of rotatable bonds is 1. The Morgan fingerprint density at radius 2 is 2.00 bits per heavy atom. The third-order valence-corrected chi connectivity index (χ3v) is 3.08. The van der Waals surface area contributed by atoms with Gasteiger partial charge in [0.05, 0.1) is 0 Å². The summed E-state index contributed by atoms with van der Waals surface area (Å²) in [4.78, 5) is 11.4. The molecule has 2 rings (SSSR count). The van der Waals surface area contributed by atoms with Gasteiger partial charge in [0.25, 0.3) is 0 Å². The molecular weight excluding hydrogens is 192 g/mol. The van der Waals surface area contributed by atoms with Gasteiger partial charge in [-0.1, -0.05) is 0 Å². The van der Waals surface area contributed by atoms with Crippen LogP contribution in [0.4, 0.5) is 4.79 Å². The Labute approximate surface area is 90.8 Å². The zero-order chi connectivity index (χ0) is 11.1. The molecule has 86 valence electrons. The van der Waals surface area contributed by atoms with Gasteiger partial charge in [-0.3, -0.25) is 0 Å². The number of nitrogens with one attached hydrogen (secondary N) is 2. The molecule has 1 heterocycles. The molecule has 0 unspecified atom stereocenters. The molecule has 1 saturated heterocycles. The lowest BCUT2D eigenvalue weighted by molar-refractivity contribution is 0.00849. The summed E-state index contributed by atoms with van der Waals surface area (Å²) >= 11 is 0. The Hall–Kier alpha value is -0.770. The number of hydrogen-bond donors (Lipinski definition) is 2. The first-order valence-electron chi connectivity index (χ1n) is 5.59. The summed E-state index contributed by atoms with van der Waals surface area (Å²) in [7, 11) is 0. The molecule has 15 heavy (non-hydrogen) atoms. The van der Waals surface area contributed by atoms with E-state index in [1.54, 1.807) is 0 Å². The molecule has 0 radical (unpaired) electrons. The van der Waals surface area contributed by atoms with Crippen LogP contribution in [0.5, 0.6) is 0 Å². The van der Waals surface area contributed by atoms with Crippen molar-refractivity contribution < 1.29 is 9.53 Å². The van der Waals surface area contributed by atoms with E-state index >= 15 is 0 Å². The molecule has 2 aliphatic rings. The van der Waals surface area contributed by atoms with Crippen LogP contribution in [-0.2, 0) is 4.74 Å². The molecule has 1 aliphatic heterocycles. The monoisotopic (exact) mass is 212 g/mol. The molecule has 1 spiro atoms. The third kappa shape index (κ3) is 2.43. The molecule has 4 nitrogen and oxygen atoms in total. The van der Waals surface area contributed by atoms with Crippen LogP contribution in [0.15, 0.2) is 0 Å². The van der Waals surface area contributed by atoms with Crippen molar-refractivity contribution in [3.8, 4) is 0 Å². The van der Waals surface area contributed by atoms with Gasteiger partial charge in [0, 0.05) is 19.1 Å². The minimum absolute atomic E-state index is 0.283. The van der Waals surface area contributed by atoms with Crippen molar-refractivity contribution in [1.82, 2.24) is 10.6 Å². The van der Waals surface area contributed by atoms with Crippen molar-refractivity contribution in [3.63, 3.8) is 0 Å². The minimum Gasteiger partial charge on any atom is -0.444 e. The van der Waals surface area contributed by atoms with Gasteiger partial charge in [0.1, 0.15) is 5.60 Å². The third-order valence-electron chi connectivity index (χ3n) is 3.08. The van der Waals surface area contributed by atoms with E-state index in [1.807, 2.05) is 20.8 Å². The van der Waals surface area contributed by atoms with Crippen LogP contribution < -0.4 is 10.6 Å². The first kappa shape index (κ1) is 10.7. The second-order valence-corrected chi connectivity index (χ2v) is 5.85. The maximum atomic E-state index is 11.4. The zero-order valence-corrected chi connectivity index (χ0v) is 9.72. The highest BCUT2D eigenvalue weighted by molar-refractivity contribution is 5.68. The van der Waals surface area contributed by atoms with Crippen LogP contribution in [0, 0.1) is 5.41 Å². The van der Waals surface area contributed by atoms with Crippen molar-refractivity contribution in [1.29, 1.82) is 0 Å². The Kier molecular flexibility index (Phi) is 2.41. The van der Waals surface area contributed by atoms with E-state index in [0.717, 1.165) is 25.9 Å². The van der Waals surface area contributed by atoms with Crippen molar-refractivity contribution >= 4 is 6.09 Å². The summed E-state index contributed by atoms with van der Waals surface area (Å²) in [6.07, 6.45) is 1.91. The summed E-state index contributed by atoms with van der Waals surface area (Å²) in [6, 6.07) is 0.321. The molecule has 1 aliphatic carbocycles. The van der Waals surface area contributed by atoms with Gasteiger partial charge < -0.3 is 15.4 Å². The Morgan fingerprint density at radius 3 is 2.40 bits per heavy atom. The molecule has 4 heteroatoms. The number of carbonyl (C=O) groups excluding carboxylic acids is 1. The van der Waals surface area contributed by atoms with Crippen molar-refractivity contribution in [2.24, 2.45) is 5.41 Å². The van der Waals surface area contributed by atoms with Gasteiger partial charge in [-0.05, 0) is 39.0 Å². The van der Waals surface area contributed by atoms with Crippen LogP contribution in [0.1, 0.15) is 33.6 Å². The molecular formula is C11H20N2O2. The van der Waals surface area contributed by atoms with E-state index in [4.69, 9.17) is 4.74 Å². The van der Waals surface area contributed by atoms with E-state index in [2.05, 4.69) is 10.6 Å². The summed E-state index contributed by atoms with van der Waals surface area (Å²) in [6.45, 7) is 7.86. The van der Waals surface area contributed by atoms with E-state index in [1.165, 1.54) is 0 Å². The smallest absolute Gasteiger partial charge is 0.407 e. The Balaban J connectivity index is 1.68. The van der Waals surface area contributed by atoms with Crippen LogP contribution in [-0.4, -0.2) is 30.8 Å².